The number of hydrogen-bond donors (Lipinski definition) is 2. The van der Waals surface area contributed by atoms with Gasteiger partial charge in [0, 0.05) is 70.7 Å². The zero-order chi connectivity index (χ0) is 41.8. The molecule has 15 heteroatoms. The standard InChI is InChI=1S/C45H55N9O6/c55-39(18-14-33-10-8-22-46-31-33)47-23-5-4-9-32-20-25-53(26-21-32)44(59)36-15-17-38(50-49-36)52-29-27-51(28-30-52)24-6-2-1-3-11-34-12-7-13-35-41(34)45(60)54(43(35)58)37-16-19-40(56)48-42(37)57/h7-8,10,12-15,17-18,22,31-32,37H,1-6,9,11,16,19-21,23-30H2,(H,47,55)(H,48,56,57)/b18-14+. The first-order valence-electron chi connectivity index (χ1n) is 21.5. The molecular formula is C45H55N9O6. The van der Waals surface area contributed by atoms with Gasteiger partial charge in [-0.1, -0.05) is 43.9 Å². The summed E-state index contributed by atoms with van der Waals surface area (Å²) in [5.41, 5.74) is 2.83. The number of carbonyl (C=O) groups excluding carboxylic acids is 6. The summed E-state index contributed by atoms with van der Waals surface area (Å²) in [6.07, 6.45) is 16.6. The van der Waals surface area contributed by atoms with Crippen LogP contribution in [0.2, 0.25) is 0 Å². The number of piperidine rings is 2. The van der Waals surface area contributed by atoms with E-state index in [1.165, 1.54) is 6.08 Å². The molecule has 4 aliphatic heterocycles. The monoisotopic (exact) mass is 817 g/mol. The van der Waals surface area contributed by atoms with Gasteiger partial charge in [-0.15, -0.1) is 10.2 Å². The van der Waals surface area contributed by atoms with Gasteiger partial charge >= 0.3 is 0 Å². The first-order valence-corrected chi connectivity index (χ1v) is 21.5. The summed E-state index contributed by atoms with van der Waals surface area (Å²) in [6.45, 7) is 6.61. The molecule has 3 saturated heterocycles. The van der Waals surface area contributed by atoms with Gasteiger partial charge in [-0.3, -0.25) is 48.9 Å². The summed E-state index contributed by atoms with van der Waals surface area (Å²) in [6, 6.07) is 11.8. The van der Waals surface area contributed by atoms with Crippen LogP contribution >= 0.6 is 0 Å². The highest BCUT2D eigenvalue weighted by atomic mass is 16.2. The van der Waals surface area contributed by atoms with E-state index in [-0.39, 0.29) is 30.6 Å². The Morgan fingerprint density at radius 1 is 0.817 bits per heavy atom. The molecule has 316 valence electrons. The Kier molecular flexibility index (Phi) is 14.4. The Morgan fingerprint density at radius 3 is 2.38 bits per heavy atom. The van der Waals surface area contributed by atoms with Gasteiger partial charge in [-0.2, -0.15) is 0 Å². The second-order valence-corrected chi connectivity index (χ2v) is 16.2. The van der Waals surface area contributed by atoms with Gasteiger partial charge < -0.3 is 15.1 Å². The Labute approximate surface area is 351 Å². The molecule has 60 heavy (non-hydrogen) atoms. The number of unbranched alkanes of at least 4 members (excludes halogenated alkanes) is 4. The third-order valence-electron chi connectivity index (χ3n) is 12.1. The molecule has 0 aliphatic carbocycles. The number of imide groups is 2. The van der Waals surface area contributed by atoms with Crippen molar-refractivity contribution in [1.29, 1.82) is 0 Å². The zero-order valence-electron chi connectivity index (χ0n) is 34.2. The van der Waals surface area contributed by atoms with Gasteiger partial charge in [-0.25, -0.2) is 0 Å². The molecule has 1 unspecified atom stereocenters. The van der Waals surface area contributed by atoms with Crippen molar-refractivity contribution in [3.05, 3.63) is 88.9 Å². The normalized spacial score (nSPS) is 18.9. The summed E-state index contributed by atoms with van der Waals surface area (Å²) in [7, 11) is 0. The third-order valence-corrected chi connectivity index (χ3v) is 12.1. The Morgan fingerprint density at radius 2 is 1.63 bits per heavy atom. The fourth-order valence-corrected chi connectivity index (χ4v) is 8.67. The van der Waals surface area contributed by atoms with Gasteiger partial charge in [0.05, 0.1) is 11.1 Å². The number of likely N-dealkylation sites (tertiary alicyclic amines) is 1. The number of aromatic nitrogens is 3. The van der Waals surface area contributed by atoms with Crippen molar-refractivity contribution in [3.63, 3.8) is 0 Å². The highest BCUT2D eigenvalue weighted by Crippen LogP contribution is 2.31. The molecular weight excluding hydrogens is 763 g/mol. The number of nitrogens with one attached hydrogen (secondary N) is 2. The molecule has 0 saturated carbocycles. The van der Waals surface area contributed by atoms with Crippen LogP contribution in [0.5, 0.6) is 0 Å². The molecule has 1 aromatic carbocycles. The predicted octanol–water partition coefficient (Wildman–Crippen LogP) is 4.05. The number of piperazine rings is 1. The van der Waals surface area contributed by atoms with Crippen molar-refractivity contribution in [2.45, 2.75) is 83.1 Å². The number of anilines is 1. The Hall–Kier alpha value is -5.83. The molecule has 6 amide bonds. The van der Waals surface area contributed by atoms with Gasteiger partial charge in [-0.05, 0) is 98.9 Å². The van der Waals surface area contributed by atoms with Gasteiger partial charge in [0.25, 0.3) is 17.7 Å². The average Bonchev–Trinajstić information content (AvgIpc) is 3.53. The fraction of sp³-hybridized carbons (Fsp3) is 0.489. The number of rotatable bonds is 17. The van der Waals surface area contributed by atoms with Crippen LogP contribution in [0.25, 0.3) is 6.08 Å². The molecule has 0 spiro atoms. The van der Waals surface area contributed by atoms with Crippen molar-refractivity contribution in [2.24, 2.45) is 5.92 Å². The molecule has 4 aliphatic rings. The largest absolute Gasteiger partial charge is 0.353 e. The molecule has 3 aromatic rings. The van der Waals surface area contributed by atoms with Crippen molar-refractivity contribution in [3.8, 4) is 0 Å². The minimum absolute atomic E-state index is 0.0629. The fourth-order valence-electron chi connectivity index (χ4n) is 8.67. The van der Waals surface area contributed by atoms with E-state index in [0.717, 1.165) is 125 Å². The number of carbonyl (C=O) groups is 6. The van der Waals surface area contributed by atoms with E-state index < -0.39 is 23.8 Å². The quantitative estimate of drug-likeness (QED) is 0.114. The van der Waals surface area contributed by atoms with Crippen LogP contribution in [0.3, 0.4) is 0 Å². The highest BCUT2D eigenvalue weighted by Gasteiger charge is 2.45. The van der Waals surface area contributed by atoms with Gasteiger partial charge in [0.2, 0.25) is 17.7 Å². The van der Waals surface area contributed by atoms with Crippen LogP contribution in [0.1, 0.15) is 113 Å². The van der Waals surface area contributed by atoms with E-state index in [1.807, 2.05) is 29.2 Å². The highest BCUT2D eigenvalue weighted by molar-refractivity contribution is 6.24. The van der Waals surface area contributed by atoms with Crippen LogP contribution in [0.4, 0.5) is 5.82 Å². The lowest BCUT2D eigenvalue weighted by Gasteiger charge is -2.35. The predicted molar refractivity (Wildman–Crippen MR) is 225 cm³/mol. The molecule has 15 nitrogen and oxygen atoms in total. The minimum atomic E-state index is -0.960. The smallest absolute Gasteiger partial charge is 0.274 e. The average molecular weight is 818 g/mol. The van der Waals surface area contributed by atoms with Gasteiger partial charge in [0.1, 0.15) is 6.04 Å². The van der Waals surface area contributed by atoms with Crippen LogP contribution in [0, 0.1) is 5.92 Å². The number of fused-ring (bicyclic) bond motifs is 1. The van der Waals surface area contributed by atoms with Crippen molar-refractivity contribution in [2.75, 3.05) is 57.3 Å². The lowest BCUT2D eigenvalue weighted by molar-refractivity contribution is -0.136. The van der Waals surface area contributed by atoms with Crippen molar-refractivity contribution < 1.29 is 28.8 Å². The minimum Gasteiger partial charge on any atom is -0.353 e. The lowest BCUT2D eigenvalue weighted by atomic mass is 9.91. The van der Waals surface area contributed by atoms with Gasteiger partial charge in [0.15, 0.2) is 11.5 Å². The molecule has 2 N–H and O–H groups in total. The zero-order valence-corrected chi connectivity index (χ0v) is 34.2. The number of aryl methyl sites for hydroxylation is 1. The Bertz CT molecular complexity index is 2040. The maximum atomic E-state index is 13.4. The molecule has 6 heterocycles. The second kappa shape index (κ2) is 20.4. The molecule has 1 atom stereocenters. The second-order valence-electron chi connectivity index (χ2n) is 16.2. The molecule has 0 radical (unpaired) electrons. The number of pyridine rings is 1. The summed E-state index contributed by atoms with van der Waals surface area (Å²) >= 11 is 0. The van der Waals surface area contributed by atoms with Crippen LogP contribution in [-0.2, 0) is 20.8 Å². The SMILES string of the molecule is O=C(/C=C/c1cccnc1)NCCCCC1CCN(C(=O)c2ccc(N3CCN(CCCCCCc4cccc5c4C(=O)N(C4CCC(=O)NC4=O)C5=O)CC3)nn2)CC1. The summed E-state index contributed by atoms with van der Waals surface area (Å²) in [4.78, 5) is 87.5. The number of amides is 6. The van der Waals surface area contributed by atoms with Crippen LogP contribution < -0.4 is 15.5 Å². The molecule has 7 rings (SSSR count). The lowest BCUT2D eigenvalue weighted by Crippen LogP contribution is -2.54. The maximum absolute atomic E-state index is 13.4. The first-order chi connectivity index (χ1) is 29.2. The van der Waals surface area contributed by atoms with Crippen LogP contribution in [-0.4, -0.2) is 124 Å². The summed E-state index contributed by atoms with van der Waals surface area (Å²) in [5, 5.41) is 14.0. The third kappa shape index (κ3) is 10.7. The molecule has 3 fully saturated rings. The van der Waals surface area contributed by atoms with Crippen molar-refractivity contribution >= 4 is 47.3 Å². The molecule has 2 aromatic heterocycles. The topological polar surface area (TPSA) is 178 Å². The summed E-state index contributed by atoms with van der Waals surface area (Å²) < 4.78 is 0. The summed E-state index contributed by atoms with van der Waals surface area (Å²) in [5.74, 6) is -0.696. The van der Waals surface area contributed by atoms with E-state index in [1.54, 1.807) is 36.7 Å². The van der Waals surface area contributed by atoms with Crippen molar-refractivity contribution in [1.82, 2.24) is 40.5 Å². The van der Waals surface area contributed by atoms with E-state index >= 15 is 0 Å². The number of nitrogens with zero attached hydrogens (tertiary/aromatic N) is 7. The van der Waals surface area contributed by atoms with E-state index in [0.29, 0.717) is 35.7 Å². The Balaban J connectivity index is 0.745. The number of hydrogen-bond acceptors (Lipinski definition) is 11. The molecule has 0 bridgehead atoms. The maximum Gasteiger partial charge on any atom is 0.274 e. The van der Waals surface area contributed by atoms with E-state index in [9.17, 15) is 28.8 Å². The number of benzene rings is 1. The van der Waals surface area contributed by atoms with E-state index in [2.05, 4.69) is 35.6 Å². The van der Waals surface area contributed by atoms with E-state index in [4.69, 9.17) is 0 Å². The van der Waals surface area contributed by atoms with Crippen LogP contribution in [0.15, 0.2) is 60.9 Å². The first kappa shape index (κ1) is 42.3.